The van der Waals surface area contributed by atoms with E-state index in [0.29, 0.717) is 19.0 Å². The van der Waals surface area contributed by atoms with Crippen LogP contribution in [0.3, 0.4) is 0 Å². The van der Waals surface area contributed by atoms with Crippen LogP contribution in [0.15, 0.2) is 29.2 Å². The predicted octanol–water partition coefficient (Wildman–Crippen LogP) is 1.52. The van der Waals surface area contributed by atoms with Crippen LogP contribution in [0.4, 0.5) is 0 Å². The normalized spacial score (nSPS) is 13.4. The maximum atomic E-state index is 11.2. The molecule has 1 N–H and O–H groups in total. The van der Waals surface area contributed by atoms with Crippen LogP contribution < -0.4 is 15.2 Å². The molecule has 0 fully saturated rings. The van der Waals surface area contributed by atoms with E-state index in [1.807, 2.05) is 19.1 Å². The largest absolute Gasteiger partial charge is 0.486 e. The molecule has 0 unspecified atom stereocenters. The molecule has 1 aliphatic rings. The van der Waals surface area contributed by atoms with Crippen LogP contribution in [0.2, 0.25) is 0 Å². The van der Waals surface area contributed by atoms with Crippen LogP contribution in [-0.2, 0) is 0 Å². The first-order valence-corrected chi connectivity index (χ1v) is 5.70. The van der Waals surface area contributed by atoms with Gasteiger partial charge in [-0.2, -0.15) is 0 Å². The van der Waals surface area contributed by atoms with E-state index in [0.717, 1.165) is 22.6 Å². The summed E-state index contributed by atoms with van der Waals surface area (Å²) in [6, 6.07) is 5.57. The van der Waals surface area contributed by atoms with Crippen LogP contribution in [0.25, 0.3) is 11.3 Å². The van der Waals surface area contributed by atoms with Crippen molar-refractivity contribution in [2.45, 2.75) is 6.92 Å². The fraction of sp³-hybridized carbons (Fsp3) is 0.231. The summed E-state index contributed by atoms with van der Waals surface area (Å²) >= 11 is 0. The number of aromatic amines is 1. The Balaban J connectivity index is 2.15. The first kappa shape index (κ1) is 10.8. The molecule has 5 nitrogen and oxygen atoms in total. The number of aromatic nitrogens is 2. The van der Waals surface area contributed by atoms with E-state index in [4.69, 9.17) is 9.47 Å². The zero-order chi connectivity index (χ0) is 12.5. The highest BCUT2D eigenvalue weighted by molar-refractivity contribution is 5.68. The molecule has 0 aliphatic carbocycles. The van der Waals surface area contributed by atoms with E-state index in [-0.39, 0.29) is 5.69 Å². The summed E-state index contributed by atoms with van der Waals surface area (Å²) in [5.74, 6) is 1.46. The second-order valence-electron chi connectivity index (χ2n) is 4.10. The molecule has 2 aromatic rings. The molecular weight excluding hydrogens is 232 g/mol. The standard InChI is InChI=1S/C13H12N2O3/c1-8-6-11-12(18-5-4-17-11)7-9(8)10-2-3-14-13(16)15-10/h2-3,6-7H,4-5H2,1H3,(H,14,15,16). The molecule has 0 radical (unpaired) electrons. The van der Waals surface area contributed by atoms with Crippen molar-refractivity contribution in [3.63, 3.8) is 0 Å². The van der Waals surface area contributed by atoms with Gasteiger partial charge in [0, 0.05) is 11.8 Å². The summed E-state index contributed by atoms with van der Waals surface area (Å²) in [6.45, 7) is 3.08. The summed E-state index contributed by atoms with van der Waals surface area (Å²) in [5, 5.41) is 0. The van der Waals surface area contributed by atoms with Crippen molar-refractivity contribution in [1.82, 2.24) is 9.97 Å². The lowest BCUT2D eigenvalue weighted by atomic mass is 10.0. The fourth-order valence-corrected chi connectivity index (χ4v) is 2.01. The molecule has 0 saturated carbocycles. The highest BCUT2D eigenvalue weighted by atomic mass is 16.6. The van der Waals surface area contributed by atoms with Crippen LogP contribution in [0.1, 0.15) is 5.56 Å². The Labute approximate surface area is 103 Å². The lowest BCUT2D eigenvalue weighted by Gasteiger charge is -2.20. The van der Waals surface area contributed by atoms with Crippen LogP contribution >= 0.6 is 0 Å². The number of hydrogen-bond donors (Lipinski definition) is 1. The van der Waals surface area contributed by atoms with Gasteiger partial charge in [-0.15, -0.1) is 0 Å². The quantitative estimate of drug-likeness (QED) is 0.826. The Bertz CT molecular complexity index is 649. The van der Waals surface area contributed by atoms with E-state index in [2.05, 4.69) is 9.97 Å². The van der Waals surface area contributed by atoms with E-state index >= 15 is 0 Å². The Morgan fingerprint density at radius 3 is 2.67 bits per heavy atom. The van der Waals surface area contributed by atoms with Crippen molar-refractivity contribution in [1.29, 1.82) is 0 Å². The van der Waals surface area contributed by atoms with Crippen molar-refractivity contribution >= 4 is 0 Å². The summed E-state index contributed by atoms with van der Waals surface area (Å²) in [4.78, 5) is 17.6. The smallest absolute Gasteiger partial charge is 0.345 e. The Morgan fingerprint density at radius 1 is 1.22 bits per heavy atom. The Morgan fingerprint density at radius 2 is 1.94 bits per heavy atom. The van der Waals surface area contributed by atoms with E-state index in [1.165, 1.54) is 6.20 Å². The highest BCUT2D eigenvalue weighted by Crippen LogP contribution is 2.36. The maximum Gasteiger partial charge on any atom is 0.345 e. The number of rotatable bonds is 1. The highest BCUT2D eigenvalue weighted by Gasteiger charge is 2.15. The summed E-state index contributed by atoms with van der Waals surface area (Å²) in [6.07, 6.45) is 1.49. The zero-order valence-corrected chi connectivity index (χ0v) is 9.90. The fourth-order valence-electron chi connectivity index (χ4n) is 2.01. The number of aryl methyl sites for hydroxylation is 1. The number of ether oxygens (including phenoxy) is 2. The van der Waals surface area contributed by atoms with Gasteiger partial charge in [0.25, 0.3) is 0 Å². The van der Waals surface area contributed by atoms with Gasteiger partial charge in [0.2, 0.25) is 0 Å². The first-order chi connectivity index (χ1) is 8.74. The van der Waals surface area contributed by atoms with Crippen LogP contribution in [0.5, 0.6) is 11.5 Å². The zero-order valence-electron chi connectivity index (χ0n) is 9.90. The molecular formula is C13H12N2O3. The SMILES string of the molecule is Cc1cc2c(cc1-c1ccnc(=O)[nH]1)OCCO2. The van der Waals surface area contributed by atoms with Gasteiger partial charge in [0.15, 0.2) is 11.5 Å². The van der Waals surface area contributed by atoms with Gasteiger partial charge < -0.3 is 14.5 Å². The average molecular weight is 244 g/mol. The van der Waals surface area contributed by atoms with Crippen molar-refractivity contribution in [2.24, 2.45) is 0 Å². The van der Waals surface area contributed by atoms with Gasteiger partial charge in [0.05, 0.1) is 5.69 Å². The van der Waals surface area contributed by atoms with Crippen molar-refractivity contribution < 1.29 is 9.47 Å². The number of hydrogen-bond acceptors (Lipinski definition) is 4. The lowest BCUT2D eigenvalue weighted by molar-refractivity contribution is 0.171. The van der Waals surface area contributed by atoms with Crippen LogP contribution in [-0.4, -0.2) is 23.2 Å². The van der Waals surface area contributed by atoms with Gasteiger partial charge in [-0.25, -0.2) is 9.78 Å². The van der Waals surface area contributed by atoms with E-state index < -0.39 is 0 Å². The molecule has 0 atom stereocenters. The minimum absolute atomic E-state index is 0.359. The summed E-state index contributed by atoms with van der Waals surface area (Å²) < 4.78 is 11.0. The van der Waals surface area contributed by atoms with Crippen molar-refractivity contribution in [3.05, 3.63) is 40.4 Å². The number of H-pyrrole nitrogens is 1. The number of fused-ring (bicyclic) bond motifs is 1. The Hall–Kier alpha value is -2.30. The van der Waals surface area contributed by atoms with E-state index in [1.54, 1.807) is 6.07 Å². The molecule has 5 heteroatoms. The van der Waals surface area contributed by atoms with Crippen molar-refractivity contribution in [3.8, 4) is 22.8 Å². The third kappa shape index (κ3) is 1.84. The maximum absolute atomic E-state index is 11.2. The predicted molar refractivity (Wildman–Crippen MR) is 66.0 cm³/mol. The van der Waals surface area contributed by atoms with Gasteiger partial charge in [-0.3, -0.25) is 0 Å². The minimum atomic E-state index is -0.359. The molecule has 1 aliphatic heterocycles. The molecule has 0 spiro atoms. The van der Waals surface area contributed by atoms with E-state index in [9.17, 15) is 4.79 Å². The molecule has 0 bridgehead atoms. The van der Waals surface area contributed by atoms with Gasteiger partial charge in [-0.1, -0.05) is 0 Å². The number of benzene rings is 1. The number of nitrogens with one attached hydrogen (secondary N) is 1. The first-order valence-electron chi connectivity index (χ1n) is 5.70. The monoisotopic (exact) mass is 244 g/mol. The van der Waals surface area contributed by atoms with Gasteiger partial charge >= 0.3 is 5.69 Å². The van der Waals surface area contributed by atoms with Crippen LogP contribution in [0, 0.1) is 6.92 Å². The molecule has 0 saturated heterocycles. The molecule has 92 valence electrons. The number of nitrogens with zero attached hydrogens (tertiary/aromatic N) is 1. The third-order valence-electron chi connectivity index (χ3n) is 2.85. The summed E-state index contributed by atoms with van der Waals surface area (Å²) in [7, 11) is 0. The van der Waals surface area contributed by atoms with Gasteiger partial charge in [0.1, 0.15) is 13.2 Å². The topological polar surface area (TPSA) is 64.2 Å². The summed E-state index contributed by atoms with van der Waals surface area (Å²) in [5.41, 5.74) is 2.30. The molecule has 1 aromatic heterocycles. The molecule has 1 aromatic carbocycles. The molecule has 18 heavy (non-hydrogen) atoms. The molecule has 0 amide bonds. The average Bonchev–Trinajstić information content (AvgIpc) is 2.38. The molecule has 2 heterocycles. The van der Waals surface area contributed by atoms with Gasteiger partial charge in [-0.05, 0) is 30.7 Å². The molecule has 3 rings (SSSR count). The second-order valence-corrected chi connectivity index (χ2v) is 4.10. The minimum Gasteiger partial charge on any atom is -0.486 e. The second kappa shape index (κ2) is 4.18. The van der Waals surface area contributed by atoms with Crippen molar-refractivity contribution in [2.75, 3.05) is 13.2 Å². The lowest BCUT2D eigenvalue weighted by Crippen LogP contribution is -2.16. The third-order valence-corrected chi connectivity index (χ3v) is 2.85. The Kier molecular flexibility index (Phi) is 2.51.